The van der Waals surface area contributed by atoms with Gasteiger partial charge < -0.3 is 5.32 Å². The van der Waals surface area contributed by atoms with E-state index in [1.807, 2.05) is 18.5 Å². The zero-order valence-corrected chi connectivity index (χ0v) is 11.7. The van der Waals surface area contributed by atoms with Gasteiger partial charge in [-0.2, -0.15) is 0 Å². The zero-order chi connectivity index (χ0) is 13.0. The van der Waals surface area contributed by atoms with Gasteiger partial charge in [-0.3, -0.25) is 4.90 Å². The van der Waals surface area contributed by atoms with Crippen LogP contribution in [0.3, 0.4) is 0 Å². The van der Waals surface area contributed by atoms with Gasteiger partial charge >= 0.3 is 0 Å². The van der Waals surface area contributed by atoms with Crippen molar-refractivity contribution in [1.82, 2.24) is 20.2 Å². The van der Waals surface area contributed by atoms with E-state index in [1.54, 1.807) is 0 Å². The highest BCUT2D eigenvalue weighted by molar-refractivity contribution is 4.99. The normalized spacial score (nSPS) is 24.1. The van der Waals surface area contributed by atoms with Gasteiger partial charge in [-0.05, 0) is 25.8 Å². The lowest BCUT2D eigenvalue weighted by atomic mass is 9.87. The molecule has 18 heavy (non-hydrogen) atoms. The highest BCUT2D eigenvalue weighted by atomic mass is 15.3. The van der Waals surface area contributed by atoms with Gasteiger partial charge in [0.2, 0.25) is 0 Å². The van der Waals surface area contributed by atoms with E-state index in [1.165, 1.54) is 0 Å². The molecule has 1 aliphatic rings. The molecule has 0 saturated carbocycles. The van der Waals surface area contributed by atoms with Crippen molar-refractivity contribution in [3.63, 3.8) is 0 Å². The molecule has 0 radical (unpaired) electrons. The highest BCUT2D eigenvalue weighted by Crippen LogP contribution is 2.27. The van der Waals surface area contributed by atoms with Crippen LogP contribution in [0.4, 0.5) is 0 Å². The number of aromatic nitrogens is 2. The molecule has 1 aromatic rings. The van der Waals surface area contributed by atoms with Gasteiger partial charge in [0.05, 0.1) is 6.54 Å². The largest absolute Gasteiger partial charge is 0.311 e. The molecule has 0 amide bonds. The van der Waals surface area contributed by atoms with E-state index in [2.05, 4.69) is 41.0 Å². The van der Waals surface area contributed by atoms with Crippen LogP contribution >= 0.6 is 0 Å². The quantitative estimate of drug-likeness (QED) is 0.882. The van der Waals surface area contributed by atoms with Crippen molar-refractivity contribution in [3.05, 3.63) is 24.3 Å². The molecule has 2 heterocycles. The third-order valence-electron chi connectivity index (χ3n) is 4.21. The predicted molar refractivity (Wildman–Crippen MR) is 73.2 cm³/mol. The van der Waals surface area contributed by atoms with Gasteiger partial charge in [-0.25, -0.2) is 9.97 Å². The summed E-state index contributed by atoms with van der Waals surface area (Å²) in [5.74, 6) is 0.929. The first-order valence-electron chi connectivity index (χ1n) is 6.94. The topological polar surface area (TPSA) is 41.0 Å². The summed E-state index contributed by atoms with van der Waals surface area (Å²) in [6.07, 6.45) is 5.98. The summed E-state index contributed by atoms with van der Waals surface area (Å²) in [5, 5.41) is 3.61. The smallest absolute Gasteiger partial charge is 0.142 e. The van der Waals surface area contributed by atoms with E-state index < -0.39 is 0 Å². The van der Waals surface area contributed by atoms with E-state index in [4.69, 9.17) is 0 Å². The molecule has 0 aromatic carbocycles. The summed E-state index contributed by atoms with van der Waals surface area (Å²) in [7, 11) is 0. The Morgan fingerprint density at radius 2 is 2.00 bits per heavy atom. The summed E-state index contributed by atoms with van der Waals surface area (Å²) in [6, 6.07) is 2.41. The van der Waals surface area contributed by atoms with E-state index in [0.717, 1.165) is 38.3 Å². The van der Waals surface area contributed by atoms with Crippen LogP contribution in [0, 0.1) is 0 Å². The first-order chi connectivity index (χ1) is 8.70. The van der Waals surface area contributed by atoms with E-state index in [0.29, 0.717) is 6.04 Å². The van der Waals surface area contributed by atoms with Crippen molar-refractivity contribution in [2.24, 2.45) is 0 Å². The summed E-state index contributed by atoms with van der Waals surface area (Å²) >= 11 is 0. The Bertz CT molecular complexity index is 361. The van der Waals surface area contributed by atoms with Crippen molar-refractivity contribution in [2.45, 2.75) is 51.7 Å². The lowest BCUT2D eigenvalue weighted by Crippen LogP contribution is -2.63. The van der Waals surface area contributed by atoms with Gasteiger partial charge in [0.25, 0.3) is 0 Å². The third kappa shape index (κ3) is 2.70. The molecule has 100 valence electrons. The number of nitrogens with one attached hydrogen (secondary N) is 1. The zero-order valence-electron chi connectivity index (χ0n) is 11.7. The first kappa shape index (κ1) is 13.4. The van der Waals surface area contributed by atoms with Gasteiger partial charge in [0.1, 0.15) is 5.82 Å². The van der Waals surface area contributed by atoms with Gasteiger partial charge in [0.15, 0.2) is 0 Å². The number of hydrogen-bond donors (Lipinski definition) is 1. The fourth-order valence-electron chi connectivity index (χ4n) is 2.83. The van der Waals surface area contributed by atoms with Crippen molar-refractivity contribution in [2.75, 3.05) is 13.1 Å². The Morgan fingerprint density at radius 3 is 2.61 bits per heavy atom. The predicted octanol–water partition coefficient (Wildman–Crippen LogP) is 1.83. The highest BCUT2D eigenvalue weighted by Gasteiger charge is 2.37. The molecular formula is C14H24N4. The maximum atomic E-state index is 4.36. The van der Waals surface area contributed by atoms with Crippen molar-refractivity contribution < 1.29 is 0 Å². The van der Waals surface area contributed by atoms with Crippen LogP contribution in [-0.2, 0) is 6.54 Å². The third-order valence-corrected chi connectivity index (χ3v) is 4.21. The maximum absolute atomic E-state index is 4.36. The molecule has 0 bridgehead atoms. The number of nitrogens with zero attached hydrogens (tertiary/aromatic N) is 3. The minimum Gasteiger partial charge on any atom is -0.311 e. The van der Waals surface area contributed by atoms with Crippen molar-refractivity contribution in [1.29, 1.82) is 0 Å². The minimum absolute atomic E-state index is 0.256. The molecule has 1 unspecified atom stereocenters. The number of piperazine rings is 1. The molecule has 1 N–H and O–H groups in total. The summed E-state index contributed by atoms with van der Waals surface area (Å²) < 4.78 is 0. The molecule has 1 aliphatic heterocycles. The fraction of sp³-hybridized carbons (Fsp3) is 0.714. The lowest BCUT2D eigenvalue weighted by molar-refractivity contribution is 0.0257. The molecule has 0 spiro atoms. The minimum atomic E-state index is 0.256. The van der Waals surface area contributed by atoms with Crippen molar-refractivity contribution >= 4 is 0 Å². The Labute approximate surface area is 110 Å². The maximum Gasteiger partial charge on any atom is 0.142 e. The Morgan fingerprint density at radius 1 is 1.33 bits per heavy atom. The standard InChI is InChI=1S/C14H24N4/c1-4-14(5-2)11-17-12(3)9-18(14)10-13-15-7-6-8-16-13/h6-8,12,17H,4-5,9-11H2,1-3H3. The molecule has 1 saturated heterocycles. The van der Waals surface area contributed by atoms with Gasteiger partial charge in [0, 0.05) is 37.1 Å². The average molecular weight is 248 g/mol. The van der Waals surface area contributed by atoms with Crippen LogP contribution in [0.25, 0.3) is 0 Å². The van der Waals surface area contributed by atoms with E-state index in [9.17, 15) is 0 Å². The van der Waals surface area contributed by atoms with Crippen LogP contribution in [-0.4, -0.2) is 39.5 Å². The summed E-state index contributed by atoms with van der Waals surface area (Å²) in [4.78, 5) is 11.3. The van der Waals surface area contributed by atoms with Crippen LogP contribution in [0.1, 0.15) is 39.4 Å². The molecular weight excluding hydrogens is 224 g/mol. The van der Waals surface area contributed by atoms with Crippen LogP contribution in [0.2, 0.25) is 0 Å². The first-order valence-corrected chi connectivity index (χ1v) is 6.94. The average Bonchev–Trinajstić information content (AvgIpc) is 2.41. The Hall–Kier alpha value is -1.00. The molecule has 4 heteroatoms. The van der Waals surface area contributed by atoms with Gasteiger partial charge in [-0.1, -0.05) is 13.8 Å². The number of rotatable bonds is 4. The molecule has 2 rings (SSSR count). The van der Waals surface area contributed by atoms with E-state index >= 15 is 0 Å². The second-order valence-electron chi connectivity index (χ2n) is 5.26. The summed E-state index contributed by atoms with van der Waals surface area (Å²) in [5.41, 5.74) is 0.256. The van der Waals surface area contributed by atoms with E-state index in [-0.39, 0.29) is 5.54 Å². The molecule has 0 aliphatic carbocycles. The monoisotopic (exact) mass is 248 g/mol. The van der Waals surface area contributed by atoms with Crippen LogP contribution in [0.5, 0.6) is 0 Å². The summed E-state index contributed by atoms with van der Waals surface area (Å²) in [6.45, 7) is 9.79. The fourth-order valence-corrected chi connectivity index (χ4v) is 2.83. The second-order valence-corrected chi connectivity index (χ2v) is 5.26. The van der Waals surface area contributed by atoms with Gasteiger partial charge in [-0.15, -0.1) is 0 Å². The van der Waals surface area contributed by atoms with Crippen LogP contribution in [0.15, 0.2) is 18.5 Å². The Balaban J connectivity index is 2.15. The van der Waals surface area contributed by atoms with Crippen molar-refractivity contribution in [3.8, 4) is 0 Å². The molecule has 4 nitrogen and oxygen atoms in total. The SMILES string of the molecule is CCC1(CC)CNC(C)CN1Cc1ncccn1. The number of hydrogen-bond acceptors (Lipinski definition) is 4. The molecule has 1 fully saturated rings. The second kappa shape index (κ2) is 5.76. The molecule has 1 atom stereocenters. The van der Waals surface area contributed by atoms with Crippen LogP contribution < -0.4 is 5.32 Å². The Kier molecular flexibility index (Phi) is 4.30. The molecule has 1 aromatic heterocycles. The lowest BCUT2D eigenvalue weighted by Gasteiger charge is -2.48.